The van der Waals surface area contributed by atoms with E-state index in [2.05, 4.69) is 27.8 Å². The van der Waals surface area contributed by atoms with E-state index in [4.69, 9.17) is 21.3 Å². The molecule has 5 aromatic rings. The average Bonchev–Trinajstić information content (AvgIpc) is 3.22. The average molecular weight is 444 g/mol. The monoisotopic (exact) mass is 443 g/mol. The molecule has 0 amide bonds. The Balaban J connectivity index is 1.52. The fourth-order valence-corrected chi connectivity index (χ4v) is 3.86. The summed E-state index contributed by atoms with van der Waals surface area (Å²) in [6.07, 6.45) is 0.152. The Morgan fingerprint density at radius 1 is 1.00 bits per heavy atom. The number of nitrogens with one attached hydrogen (secondary N) is 1. The normalized spacial score (nSPS) is 11.4. The van der Waals surface area contributed by atoms with Gasteiger partial charge in [-0.25, -0.2) is 4.98 Å². The highest BCUT2D eigenvalue weighted by molar-refractivity contribution is 6.30. The van der Waals surface area contributed by atoms with Crippen LogP contribution in [0.15, 0.2) is 72.8 Å². The van der Waals surface area contributed by atoms with Gasteiger partial charge in [0.2, 0.25) is 0 Å². The molecule has 0 saturated carbocycles. The molecule has 1 N–H and O–H groups in total. The first-order chi connectivity index (χ1) is 15.6. The minimum Gasteiger partial charge on any atom is -0.491 e. The number of ether oxygens (including phenoxy) is 1. The standard InChI is InChI=1S/C25H22ClN5O/c1-16(2)32-20-12-10-17(11-13-20)15-27-24-21-8-3-4-9-22(21)31-25(28-24)23(29-30-31)18-6-5-7-19(26)14-18/h3-14,16H,15H2,1-2H3,(H,27,28). The first kappa shape index (κ1) is 20.3. The molecule has 6 nitrogen and oxygen atoms in total. The number of para-hydroxylation sites is 1. The number of fused-ring (bicyclic) bond motifs is 3. The van der Waals surface area contributed by atoms with Crippen molar-refractivity contribution in [3.05, 3.63) is 83.4 Å². The second-order valence-electron chi connectivity index (χ2n) is 7.83. The van der Waals surface area contributed by atoms with Crippen LogP contribution in [0.3, 0.4) is 0 Å². The Morgan fingerprint density at radius 3 is 2.59 bits per heavy atom. The van der Waals surface area contributed by atoms with Crippen molar-refractivity contribution in [1.82, 2.24) is 19.8 Å². The zero-order valence-electron chi connectivity index (χ0n) is 17.8. The molecule has 2 heterocycles. The molecule has 5 rings (SSSR count). The van der Waals surface area contributed by atoms with Crippen LogP contribution in [0.4, 0.5) is 5.82 Å². The third-order valence-electron chi connectivity index (χ3n) is 5.10. The van der Waals surface area contributed by atoms with E-state index in [-0.39, 0.29) is 6.10 Å². The number of nitrogens with zero attached hydrogens (tertiary/aromatic N) is 4. The molecule has 0 saturated heterocycles. The zero-order chi connectivity index (χ0) is 22.1. The fourth-order valence-electron chi connectivity index (χ4n) is 3.67. The van der Waals surface area contributed by atoms with Gasteiger partial charge < -0.3 is 10.1 Å². The maximum atomic E-state index is 6.20. The summed E-state index contributed by atoms with van der Waals surface area (Å²) in [6.45, 7) is 4.67. The van der Waals surface area contributed by atoms with Crippen LogP contribution in [-0.2, 0) is 6.54 Å². The van der Waals surface area contributed by atoms with Crippen molar-refractivity contribution in [2.75, 3.05) is 5.32 Å². The lowest BCUT2D eigenvalue weighted by Crippen LogP contribution is -2.06. The molecule has 0 aliphatic carbocycles. The highest BCUT2D eigenvalue weighted by atomic mass is 35.5. The van der Waals surface area contributed by atoms with Gasteiger partial charge in [-0.3, -0.25) is 0 Å². The summed E-state index contributed by atoms with van der Waals surface area (Å²) in [4.78, 5) is 4.90. The van der Waals surface area contributed by atoms with Crippen molar-refractivity contribution >= 4 is 34.0 Å². The highest BCUT2D eigenvalue weighted by Gasteiger charge is 2.16. The molecule has 7 heteroatoms. The molecule has 160 valence electrons. The molecule has 0 fully saturated rings. The topological polar surface area (TPSA) is 64.3 Å². The van der Waals surface area contributed by atoms with Crippen molar-refractivity contribution in [2.45, 2.75) is 26.5 Å². The van der Waals surface area contributed by atoms with E-state index >= 15 is 0 Å². The number of halogens is 1. The number of anilines is 1. The van der Waals surface area contributed by atoms with Crippen LogP contribution in [0.25, 0.3) is 27.8 Å². The summed E-state index contributed by atoms with van der Waals surface area (Å²) in [5.74, 6) is 1.64. The van der Waals surface area contributed by atoms with Crippen LogP contribution in [0.1, 0.15) is 19.4 Å². The predicted molar refractivity (Wildman–Crippen MR) is 128 cm³/mol. The van der Waals surface area contributed by atoms with Gasteiger partial charge in [0.15, 0.2) is 5.65 Å². The quantitative estimate of drug-likeness (QED) is 0.349. The van der Waals surface area contributed by atoms with Gasteiger partial charge in [-0.05, 0) is 55.8 Å². The summed E-state index contributed by atoms with van der Waals surface area (Å²) in [6, 6.07) is 23.7. The van der Waals surface area contributed by atoms with Crippen LogP contribution >= 0.6 is 11.6 Å². The molecule has 0 bridgehead atoms. The van der Waals surface area contributed by atoms with Crippen LogP contribution in [-0.4, -0.2) is 25.9 Å². The summed E-state index contributed by atoms with van der Waals surface area (Å²) in [5.41, 5.74) is 4.31. The zero-order valence-corrected chi connectivity index (χ0v) is 18.5. The minimum atomic E-state index is 0.152. The lowest BCUT2D eigenvalue weighted by Gasteiger charge is -2.12. The fraction of sp³-hybridized carbons (Fsp3) is 0.160. The summed E-state index contributed by atoms with van der Waals surface area (Å²) < 4.78 is 7.51. The van der Waals surface area contributed by atoms with Gasteiger partial charge in [0.25, 0.3) is 0 Å². The SMILES string of the molecule is CC(C)Oc1ccc(CNc2nc3c(-c4cccc(Cl)c4)nnn3c3ccccc23)cc1. The van der Waals surface area contributed by atoms with Crippen LogP contribution in [0, 0.1) is 0 Å². The molecule has 3 aromatic carbocycles. The van der Waals surface area contributed by atoms with Crippen LogP contribution in [0.2, 0.25) is 5.02 Å². The van der Waals surface area contributed by atoms with Crippen molar-refractivity contribution in [3.63, 3.8) is 0 Å². The molecule has 0 aliphatic heterocycles. The lowest BCUT2D eigenvalue weighted by molar-refractivity contribution is 0.242. The van der Waals surface area contributed by atoms with Crippen molar-refractivity contribution in [2.24, 2.45) is 0 Å². The van der Waals surface area contributed by atoms with E-state index in [1.807, 2.05) is 74.5 Å². The first-order valence-electron chi connectivity index (χ1n) is 10.5. The van der Waals surface area contributed by atoms with E-state index in [1.165, 1.54) is 0 Å². The van der Waals surface area contributed by atoms with E-state index in [9.17, 15) is 0 Å². The van der Waals surface area contributed by atoms with E-state index < -0.39 is 0 Å². The summed E-state index contributed by atoms with van der Waals surface area (Å²) in [7, 11) is 0. The molecule has 32 heavy (non-hydrogen) atoms. The Labute approximate surface area is 190 Å². The van der Waals surface area contributed by atoms with Crippen molar-refractivity contribution in [1.29, 1.82) is 0 Å². The minimum absolute atomic E-state index is 0.152. The lowest BCUT2D eigenvalue weighted by atomic mass is 10.1. The number of aromatic nitrogens is 4. The first-order valence-corrected chi connectivity index (χ1v) is 10.9. The van der Waals surface area contributed by atoms with Crippen molar-refractivity contribution in [3.8, 4) is 17.0 Å². The number of benzene rings is 3. The number of rotatable bonds is 6. The van der Waals surface area contributed by atoms with Gasteiger partial charge in [0.05, 0.1) is 11.6 Å². The molecule has 0 unspecified atom stereocenters. The van der Waals surface area contributed by atoms with Gasteiger partial charge in [-0.2, -0.15) is 4.52 Å². The maximum absolute atomic E-state index is 6.20. The Hall–Kier alpha value is -3.64. The summed E-state index contributed by atoms with van der Waals surface area (Å²) >= 11 is 6.20. The summed E-state index contributed by atoms with van der Waals surface area (Å²) in [5, 5.41) is 13.9. The van der Waals surface area contributed by atoms with E-state index in [0.29, 0.717) is 22.9 Å². The second-order valence-corrected chi connectivity index (χ2v) is 8.26. The Kier molecular flexibility index (Phi) is 5.37. The smallest absolute Gasteiger partial charge is 0.186 e. The maximum Gasteiger partial charge on any atom is 0.186 e. The van der Waals surface area contributed by atoms with Gasteiger partial charge in [-0.15, -0.1) is 5.10 Å². The van der Waals surface area contributed by atoms with E-state index in [1.54, 1.807) is 4.52 Å². The van der Waals surface area contributed by atoms with Crippen LogP contribution in [0.5, 0.6) is 5.75 Å². The van der Waals surface area contributed by atoms with Gasteiger partial charge >= 0.3 is 0 Å². The molecule has 2 aromatic heterocycles. The molecule has 0 spiro atoms. The number of hydrogen-bond acceptors (Lipinski definition) is 5. The Morgan fingerprint density at radius 2 is 1.81 bits per heavy atom. The third-order valence-corrected chi connectivity index (χ3v) is 5.34. The molecular weight excluding hydrogens is 422 g/mol. The Bertz CT molecular complexity index is 1400. The van der Waals surface area contributed by atoms with Crippen molar-refractivity contribution < 1.29 is 4.74 Å². The van der Waals surface area contributed by atoms with Gasteiger partial charge in [0.1, 0.15) is 17.3 Å². The highest BCUT2D eigenvalue weighted by Crippen LogP contribution is 2.29. The second kappa shape index (κ2) is 8.48. The molecule has 0 atom stereocenters. The third kappa shape index (κ3) is 3.97. The van der Waals surface area contributed by atoms with E-state index in [0.717, 1.165) is 33.6 Å². The molecular formula is C25H22ClN5O. The largest absolute Gasteiger partial charge is 0.491 e. The van der Waals surface area contributed by atoms with Gasteiger partial charge in [0, 0.05) is 22.5 Å². The molecule has 0 aliphatic rings. The van der Waals surface area contributed by atoms with Crippen LogP contribution < -0.4 is 10.1 Å². The molecule has 0 radical (unpaired) electrons. The predicted octanol–water partition coefficient (Wildman–Crippen LogP) is 6.00. The van der Waals surface area contributed by atoms with Gasteiger partial charge in [-0.1, -0.05) is 53.2 Å². The number of hydrogen-bond donors (Lipinski definition) is 1.